The first-order valence-corrected chi connectivity index (χ1v) is 4.65. The van der Waals surface area contributed by atoms with Crippen molar-refractivity contribution in [2.45, 2.75) is 6.43 Å². The summed E-state index contributed by atoms with van der Waals surface area (Å²) in [4.78, 5) is 12.3. The van der Waals surface area contributed by atoms with Crippen LogP contribution in [0, 0.1) is 0 Å². The Morgan fingerprint density at radius 2 is 2.25 bits per heavy atom. The van der Waals surface area contributed by atoms with Crippen LogP contribution in [0.5, 0.6) is 0 Å². The van der Waals surface area contributed by atoms with Crippen molar-refractivity contribution in [1.82, 2.24) is 4.90 Å². The maximum atomic E-state index is 12.0. The topological polar surface area (TPSA) is 58.4 Å². The Hall–Kier alpha value is -1.85. The Morgan fingerprint density at radius 3 is 2.81 bits per heavy atom. The molecule has 88 valence electrons. The number of anilines is 2. The van der Waals surface area contributed by atoms with E-state index in [2.05, 4.69) is 5.32 Å². The van der Waals surface area contributed by atoms with Gasteiger partial charge in [0.25, 0.3) is 6.43 Å². The monoisotopic (exact) mass is 229 g/mol. The van der Waals surface area contributed by atoms with Gasteiger partial charge < -0.3 is 16.0 Å². The molecule has 0 aliphatic rings. The Kier molecular flexibility index (Phi) is 4.04. The lowest BCUT2D eigenvalue weighted by molar-refractivity contribution is 0.111. The number of halogens is 2. The lowest BCUT2D eigenvalue weighted by Gasteiger charge is -2.17. The van der Waals surface area contributed by atoms with E-state index in [4.69, 9.17) is 5.73 Å². The highest BCUT2D eigenvalue weighted by atomic mass is 19.3. The molecule has 0 saturated heterocycles. The van der Waals surface area contributed by atoms with Gasteiger partial charge in [0.2, 0.25) is 0 Å². The highest BCUT2D eigenvalue weighted by molar-refractivity contribution is 5.89. The SMILES string of the molecule is CN(CC(F)F)C(=O)Nc1cccc(N)c1. The molecule has 1 aromatic carbocycles. The van der Waals surface area contributed by atoms with Crippen molar-refractivity contribution in [1.29, 1.82) is 0 Å². The van der Waals surface area contributed by atoms with Crippen molar-refractivity contribution < 1.29 is 13.6 Å². The fraction of sp³-hybridized carbons (Fsp3) is 0.300. The van der Waals surface area contributed by atoms with Crippen LogP contribution in [0.1, 0.15) is 0 Å². The third-order valence-corrected chi connectivity index (χ3v) is 1.90. The lowest BCUT2D eigenvalue weighted by atomic mass is 10.3. The third kappa shape index (κ3) is 3.72. The van der Waals surface area contributed by atoms with Crippen molar-refractivity contribution >= 4 is 17.4 Å². The molecule has 0 unspecified atom stereocenters. The number of hydrogen-bond donors (Lipinski definition) is 2. The molecule has 0 saturated carbocycles. The number of carbonyl (C=O) groups is 1. The lowest BCUT2D eigenvalue weighted by Crippen LogP contribution is -2.34. The van der Waals surface area contributed by atoms with Crippen LogP contribution in [0.2, 0.25) is 0 Å². The third-order valence-electron chi connectivity index (χ3n) is 1.90. The molecule has 16 heavy (non-hydrogen) atoms. The van der Waals surface area contributed by atoms with Gasteiger partial charge in [-0.2, -0.15) is 0 Å². The summed E-state index contributed by atoms with van der Waals surface area (Å²) >= 11 is 0. The quantitative estimate of drug-likeness (QED) is 0.779. The van der Waals surface area contributed by atoms with E-state index in [1.807, 2.05) is 0 Å². The van der Waals surface area contributed by atoms with Gasteiger partial charge in [-0.1, -0.05) is 6.07 Å². The van der Waals surface area contributed by atoms with E-state index < -0.39 is 19.0 Å². The minimum Gasteiger partial charge on any atom is -0.399 e. The Labute approximate surface area is 92.0 Å². The van der Waals surface area contributed by atoms with Gasteiger partial charge in [0.05, 0.1) is 6.54 Å². The van der Waals surface area contributed by atoms with Gasteiger partial charge in [-0.25, -0.2) is 13.6 Å². The molecule has 0 heterocycles. The van der Waals surface area contributed by atoms with Crippen LogP contribution < -0.4 is 11.1 Å². The summed E-state index contributed by atoms with van der Waals surface area (Å²) in [7, 11) is 1.30. The predicted octanol–water partition coefficient (Wildman–Crippen LogP) is 2.00. The molecule has 4 nitrogen and oxygen atoms in total. The fourth-order valence-corrected chi connectivity index (χ4v) is 1.13. The Bertz CT molecular complexity index is 371. The number of alkyl halides is 2. The zero-order valence-electron chi connectivity index (χ0n) is 8.78. The van der Waals surface area contributed by atoms with Crippen molar-refractivity contribution in [3.8, 4) is 0 Å². The van der Waals surface area contributed by atoms with Crippen molar-refractivity contribution in [3.63, 3.8) is 0 Å². The van der Waals surface area contributed by atoms with Crippen LogP contribution in [0.15, 0.2) is 24.3 Å². The molecular weight excluding hydrogens is 216 g/mol. The molecule has 1 rings (SSSR count). The average Bonchev–Trinajstić information content (AvgIpc) is 2.16. The highest BCUT2D eigenvalue weighted by Crippen LogP contribution is 2.12. The molecule has 0 radical (unpaired) electrons. The number of amides is 2. The van der Waals surface area contributed by atoms with Gasteiger partial charge in [0.15, 0.2) is 0 Å². The standard InChI is InChI=1S/C10H13F2N3O/c1-15(6-9(11)12)10(16)14-8-4-2-3-7(13)5-8/h2-5,9H,6,13H2,1H3,(H,14,16). The number of nitrogens with two attached hydrogens (primary N) is 1. The summed E-state index contributed by atoms with van der Waals surface area (Å²) in [5.41, 5.74) is 6.48. The molecule has 6 heteroatoms. The Morgan fingerprint density at radius 1 is 1.56 bits per heavy atom. The first kappa shape index (κ1) is 12.2. The van der Waals surface area contributed by atoms with Crippen molar-refractivity contribution in [2.75, 3.05) is 24.6 Å². The first-order chi connectivity index (χ1) is 7.49. The van der Waals surface area contributed by atoms with E-state index in [9.17, 15) is 13.6 Å². The van der Waals surface area contributed by atoms with Crippen LogP contribution in [0.25, 0.3) is 0 Å². The normalized spacial score (nSPS) is 10.2. The van der Waals surface area contributed by atoms with E-state index in [1.165, 1.54) is 7.05 Å². The van der Waals surface area contributed by atoms with E-state index >= 15 is 0 Å². The maximum Gasteiger partial charge on any atom is 0.321 e. The number of carbonyl (C=O) groups excluding carboxylic acids is 1. The van der Waals surface area contributed by atoms with Gasteiger partial charge >= 0.3 is 6.03 Å². The molecule has 3 N–H and O–H groups in total. The average molecular weight is 229 g/mol. The van der Waals surface area contributed by atoms with Crippen LogP contribution in [0.4, 0.5) is 25.0 Å². The van der Waals surface area contributed by atoms with Crippen LogP contribution >= 0.6 is 0 Å². The smallest absolute Gasteiger partial charge is 0.321 e. The summed E-state index contributed by atoms with van der Waals surface area (Å²) < 4.78 is 24.0. The second-order valence-electron chi connectivity index (χ2n) is 3.33. The highest BCUT2D eigenvalue weighted by Gasteiger charge is 2.13. The van der Waals surface area contributed by atoms with E-state index in [0.29, 0.717) is 11.4 Å². The molecule has 1 aromatic rings. The number of hydrogen-bond acceptors (Lipinski definition) is 2. The van der Waals surface area contributed by atoms with Gasteiger partial charge in [-0.05, 0) is 18.2 Å². The molecule has 0 spiro atoms. The molecule has 0 aliphatic carbocycles. The summed E-state index contributed by atoms with van der Waals surface area (Å²) in [6.07, 6.45) is -2.54. The molecule has 2 amide bonds. The number of nitrogens with zero attached hydrogens (tertiary/aromatic N) is 1. The predicted molar refractivity (Wildman–Crippen MR) is 58.5 cm³/mol. The number of benzene rings is 1. The molecule has 0 atom stereocenters. The van der Waals surface area contributed by atoms with Gasteiger partial charge in [0, 0.05) is 18.4 Å². The van der Waals surface area contributed by atoms with Crippen molar-refractivity contribution in [3.05, 3.63) is 24.3 Å². The number of nitrogen functional groups attached to an aromatic ring is 1. The van der Waals surface area contributed by atoms with Crippen LogP contribution in [0.3, 0.4) is 0 Å². The zero-order chi connectivity index (χ0) is 12.1. The zero-order valence-corrected chi connectivity index (χ0v) is 8.78. The minimum atomic E-state index is -2.54. The number of rotatable bonds is 3. The van der Waals surface area contributed by atoms with E-state index in [-0.39, 0.29) is 0 Å². The second kappa shape index (κ2) is 5.29. The first-order valence-electron chi connectivity index (χ1n) is 4.65. The largest absolute Gasteiger partial charge is 0.399 e. The van der Waals surface area contributed by atoms with Gasteiger partial charge in [-0.15, -0.1) is 0 Å². The molecular formula is C10H13F2N3O. The molecule has 0 aromatic heterocycles. The summed E-state index contributed by atoms with van der Waals surface area (Å²) in [5, 5.41) is 2.46. The molecule has 0 aliphatic heterocycles. The van der Waals surface area contributed by atoms with Gasteiger partial charge in [-0.3, -0.25) is 0 Å². The van der Waals surface area contributed by atoms with Crippen LogP contribution in [-0.2, 0) is 0 Å². The molecule has 0 bridgehead atoms. The van der Waals surface area contributed by atoms with E-state index in [1.54, 1.807) is 24.3 Å². The summed E-state index contributed by atoms with van der Waals surface area (Å²) in [5.74, 6) is 0. The minimum absolute atomic E-state index is 0.478. The number of urea groups is 1. The number of nitrogens with one attached hydrogen (secondary N) is 1. The van der Waals surface area contributed by atoms with Gasteiger partial charge in [0.1, 0.15) is 0 Å². The summed E-state index contributed by atoms with van der Waals surface area (Å²) in [6.45, 7) is -0.603. The maximum absolute atomic E-state index is 12.0. The Balaban J connectivity index is 2.57. The second-order valence-corrected chi connectivity index (χ2v) is 3.33. The van der Waals surface area contributed by atoms with E-state index in [0.717, 1.165) is 4.90 Å². The van der Waals surface area contributed by atoms with Crippen molar-refractivity contribution in [2.24, 2.45) is 0 Å². The fourth-order valence-electron chi connectivity index (χ4n) is 1.13. The van der Waals surface area contributed by atoms with Crippen LogP contribution in [-0.4, -0.2) is 30.9 Å². The summed E-state index contributed by atoms with van der Waals surface area (Å²) in [6, 6.07) is 5.92. The molecule has 0 fully saturated rings.